The second-order valence-electron chi connectivity index (χ2n) is 4.21. The van der Waals surface area contributed by atoms with Crippen LogP contribution < -0.4 is 0 Å². The Bertz CT molecular complexity index is 736. The summed E-state index contributed by atoms with van der Waals surface area (Å²) in [6.07, 6.45) is 5.65. The van der Waals surface area contributed by atoms with E-state index in [1.807, 2.05) is 0 Å². The second-order valence-corrected chi connectivity index (χ2v) is 4.21. The summed E-state index contributed by atoms with van der Waals surface area (Å²) in [5, 5.41) is 4.39. The Morgan fingerprint density at radius 2 is 1.75 bits per heavy atom. The predicted molar refractivity (Wildman–Crippen MR) is 72.1 cm³/mol. The van der Waals surface area contributed by atoms with E-state index in [0.29, 0.717) is 16.9 Å². The summed E-state index contributed by atoms with van der Waals surface area (Å²) in [5.74, 6) is -0.314. The normalized spacial score (nSPS) is 10.4. The minimum Gasteiger partial charge on any atom is -0.298 e. The molecule has 1 aromatic carbocycles. The molecule has 98 valence electrons. The van der Waals surface area contributed by atoms with Gasteiger partial charge < -0.3 is 0 Å². The van der Waals surface area contributed by atoms with Crippen molar-refractivity contribution >= 4 is 6.29 Å². The number of aromatic nitrogens is 3. The third kappa shape index (κ3) is 2.21. The van der Waals surface area contributed by atoms with Crippen molar-refractivity contribution in [2.45, 2.75) is 0 Å². The van der Waals surface area contributed by atoms with E-state index in [0.717, 1.165) is 11.8 Å². The Morgan fingerprint density at radius 3 is 2.40 bits per heavy atom. The van der Waals surface area contributed by atoms with Crippen LogP contribution >= 0.6 is 0 Å². The highest BCUT2D eigenvalue weighted by Gasteiger charge is 2.11. The standard InChI is InChI=1S/C15H10FN3O/c16-13-1-3-14(4-2-13)19-9-12(10-20)15(18-19)11-5-7-17-8-6-11/h1-10H. The number of carbonyl (C=O) groups excluding carboxylic acids is 1. The summed E-state index contributed by atoms with van der Waals surface area (Å²) < 4.78 is 14.5. The van der Waals surface area contributed by atoms with Gasteiger partial charge in [0.1, 0.15) is 11.5 Å². The molecule has 0 N–H and O–H groups in total. The fraction of sp³-hybridized carbons (Fsp3) is 0. The summed E-state index contributed by atoms with van der Waals surface area (Å²) in [7, 11) is 0. The van der Waals surface area contributed by atoms with E-state index in [2.05, 4.69) is 10.1 Å². The smallest absolute Gasteiger partial charge is 0.153 e. The van der Waals surface area contributed by atoms with Crippen molar-refractivity contribution in [3.8, 4) is 16.9 Å². The molecule has 0 unspecified atom stereocenters. The molecular formula is C15H10FN3O. The Labute approximate surface area is 114 Å². The first kappa shape index (κ1) is 12.2. The number of carbonyl (C=O) groups is 1. The number of hydrogen-bond acceptors (Lipinski definition) is 3. The van der Waals surface area contributed by atoms with Gasteiger partial charge in [-0.1, -0.05) is 0 Å². The Balaban J connectivity index is 2.09. The van der Waals surface area contributed by atoms with Gasteiger partial charge in [0.25, 0.3) is 0 Å². The molecule has 0 aliphatic carbocycles. The lowest BCUT2D eigenvalue weighted by atomic mass is 10.1. The zero-order chi connectivity index (χ0) is 13.9. The lowest BCUT2D eigenvalue weighted by Gasteiger charge is -2.00. The van der Waals surface area contributed by atoms with Gasteiger partial charge in [-0.25, -0.2) is 9.07 Å². The van der Waals surface area contributed by atoms with Crippen LogP contribution in [0.1, 0.15) is 10.4 Å². The number of pyridine rings is 1. The zero-order valence-corrected chi connectivity index (χ0v) is 10.4. The molecule has 0 bridgehead atoms. The molecule has 0 spiro atoms. The van der Waals surface area contributed by atoms with Crippen LogP contribution in [0.2, 0.25) is 0 Å². The minimum absolute atomic E-state index is 0.314. The number of hydrogen-bond donors (Lipinski definition) is 0. The average molecular weight is 267 g/mol. The molecule has 20 heavy (non-hydrogen) atoms. The first-order valence-corrected chi connectivity index (χ1v) is 5.99. The summed E-state index contributed by atoms with van der Waals surface area (Å²) in [6.45, 7) is 0. The van der Waals surface area contributed by atoms with Gasteiger partial charge in [-0.2, -0.15) is 5.10 Å². The first-order valence-electron chi connectivity index (χ1n) is 5.99. The molecule has 0 radical (unpaired) electrons. The van der Waals surface area contributed by atoms with E-state index < -0.39 is 0 Å². The van der Waals surface area contributed by atoms with Gasteiger partial charge in [-0.05, 0) is 36.4 Å². The van der Waals surface area contributed by atoms with Crippen molar-refractivity contribution in [1.82, 2.24) is 14.8 Å². The largest absolute Gasteiger partial charge is 0.298 e. The maximum absolute atomic E-state index is 12.9. The van der Waals surface area contributed by atoms with Crippen molar-refractivity contribution < 1.29 is 9.18 Å². The van der Waals surface area contributed by atoms with Gasteiger partial charge >= 0.3 is 0 Å². The summed E-state index contributed by atoms with van der Waals surface area (Å²) in [5.41, 5.74) is 2.55. The van der Waals surface area contributed by atoms with Crippen LogP contribution in [0.25, 0.3) is 16.9 Å². The molecule has 0 aliphatic heterocycles. The third-order valence-corrected chi connectivity index (χ3v) is 2.91. The topological polar surface area (TPSA) is 47.8 Å². The van der Waals surface area contributed by atoms with Gasteiger partial charge in [0.05, 0.1) is 11.3 Å². The van der Waals surface area contributed by atoms with Crippen molar-refractivity contribution in [2.75, 3.05) is 0 Å². The molecular weight excluding hydrogens is 257 g/mol. The van der Waals surface area contributed by atoms with E-state index in [4.69, 9.17) is 0 Å². The Kier molecular flexibility index (Phi) is 3.09. The number of benzene rings is 1. The van der Waals surface area contributed by atoms with Crippen molar-refractivity contribution in [3.05, 3.63) is 66.4 Å². The molecule has 0 fully saturated rings. The number of nitrogens with zero attached hydrogens (tertiary/aromatic N) is 3. The fourth-order valence-electron chi connectivity index (χ4n) is 1.93. The Hall–Kier alpha value is -2.82. The number of halogens is 1. The van der Waals surface area contributed by atoms with Crippen LogP contribution in [0.4, 0.5) is 4.39 Å². The number of rotatable bonds is 3. The first-order chi connectivity index (χ1) is 9.78. The molecule has 0 amide bonds. The fourth-order valence-corrected chi connectivity index (χ4v) is 1.93. The molecule has 0 atom stereocenters. The van der Waals surface area contributed by atoms with E-state index in [-0.39, 0.29) is 5.82 Å². The molecule has 2 aromatic heterocycles. The van der Waals surface area contributed by atoms with E-state index in [9.17, 15) is 9.18 Å². The van der Waals surface area contributed by atoms with Crippen LogP contribution in [-0.2, 0) is 0 Å². The monoisotopic (exact) mass is 267 g/mol. The van der Waals surface area contributed by atoms with E-state index in [1.165, 1.54) is 12.1 Å². The molecule has 3 aromatic rings. The molecule has 2 heterocycles. The van der Waals surface area contributed by atoms with Crippen molar-refractivity contribution in [1.29, 1.82) is 0 Å². The van der Waals surface area contributed by atoms with Crippen molar-refractivity contribution in [2.24, 2.45) is 0 Å². The number of aldehydes is 1. The lowest BCUT2D eigenvalue weighted by Crippen LogP contribution is -1.94. The molecule has 3 rings (SSSR count). The quantitative estimate of drug-likeness (QED) is 0.685. The van der Waals surface area contributed by atoms with E-state index >= 15 is 0 Å². The summed E-state index contributed by atoms with van der Waals surface area (Å²) >= 11 is 0. The van der Waals surface area contributed by atoms with Crippen LogP contribution in [0.3, 0.4) is 0 Å². The van der Waals surface area contributed by atoms with Gasteiger partial charge in [-0.3, -0.25) is 9.78 Å². The average Bonchev–Trinajstić information content (AvgIpc) is 2.93. The molecule has 4 nitrogen and oxygen atoms in total. The molecule has 0 saturated carbocycles. The van der Waals surface area contributed by atoms with Gasteiger partial charge in [0.15, 0.2) is 6.29 Å². The summed E-state index contributed by atoms with van der Waals surface area (Å²) in [6, 6.07) is 9.47. The maximum atomic E-state index is 12.9. The minimum atomic E-state index is -0.314. The second kappa shape index (κ2) is 5.05. The zero-order valence-electron chi connectivity index (χ0n) is 10.4. The van der Waals surface area contributed by atoms with Gasteiger partial charge in [0, 0.05) is 24.2 Å². The van der Waals surface area contributed by atoms with Gasteiger partial charge in [-0.15, -0.1) is 0 Å². The Morgan fingerprint density at radius 1 is 1.05 bits per heavy atom. The van der Waals surface area contributed by atoms with Crippen LogP contribution in [0.15, 0.2) is 55.0 Å². The predicted octanol–water partition coefficient (Wildman–Crippen LogP) is 2.89. The van der Waals surface area contributed by atoms with Crippen LogP contribution in [0, 0.1) is 5.82 Å². The van der Waals surface area contributed by atoms with Gasteiger partial charge in [0.2, 0.25) is 0 Å². The SMILES string of the molecule is O=Cc1cn(-c2ccc(F)cc2)nc1-c1ccncc1. The lowest BCUT2D eigenvalue weighted by molar-refractivity contribution is 0.112. The summed E-state index contributed by atoms with van der Waals surface area (Å²) in [4.78, 5) is 15.1. The molecule has 0 saturated heterocycles. The highest BCUT2D eigenvalue weighted by Crippen LogP contribution is 2.21. The molecule has 5 heteroatoms. The highest BCUT2D eigenvalue weighted by molar-refractivity contribution is 5.85. The molecule has 0 aliphatic rings. The highest BCUT2D eigenvalue weighted by atomic mass is 19.1. The van der Waals surface area contributed by atoms with Crippen molar-refractivity contribution in [3.63, 3.8) is 0 Å². The van der Waals surface area contributed by atoms with Crippen LogP contribution in [-0.4, -0.2) is 21.1 Å². The van der Waals surface area contributed by atoms with Crippen LogP contribution in [0.5, 0.6) is 0 Å². The third-order valence-electron chi connectivity index (χ3n) is 2.91. The van der Waals surface area contributed by atoms with E-state index in [1.54, 1.807) is 47.5 Å². The maximum Gasteiger partial charge on any atom is 0.153 e.